The largest absolute Gasteiger partial charge is 0.489 e. The maximum absolute atomic E-state index is 12.7. The lowest BCUT2D eigenvalue weighted by atomic mass is 10.1. The van der Waals surface area contributed by atoms with Crippen LogP contribution >= 0.6 is 15.9 Å². The normalized spacial score (nSPS) is 11.2. The van der Waals surface area contributed by atoms with Gasteiger partial charge in [0.15, 0.2) is 0 Å². The van der Waals surface area contributed by atoms with E-state index in [1.807, 2.05) is 69.3 Å². The molecule has 0 spiro atoms. The number of methoxy groups -OCH3 is 1. The fourth-order valence-electron chi connectivity index (χ4n) is 2.52. The van der Waals surface area contributed by atoms with Gasteiger partial charge in [0.05, 0.1) is 13.2 Å². The third kappa shape index (κ3) is 7.17. The third-order valence-electron chi connectivity index (χ3n) is 3.88. The smallest absolute Gasteiger partial charge is 0.410 e. The van der Waals surface area contributed by atoms with Gasteiger partial charge in [-0.2, -0.15) is 0 Å². The first-order valence-corrected chi connectivity index (χ1v) is 10.0. The van der Waals surface area contributed by atoms with Crippen LogP contribution in [-0.2, 0) is 22.6 Å². The van der Waals surface area contributed by atoms with E-state index >= 15 is 0 Å². The van der Waals surface area contributed by atoms with Gasteiger partial charge in [-0.1, -0.05) is 52.3 Å². The minimum Gasteiger partial charge on any atom is -0.489 e. The van der Waals surface area contributed by atoms with Crippen molar-refractivity contribution in [1.82, 2.24) is 4.90 Å². The molecular formula is C22H28BrNO4. The molecule has 0 saturated carbocycles. The van der Waals surface area contributed by atoms with Crippen LogP contribution in [0.1, 0.15) is 31.9 Å². The van der Waals surface area contributed by atoms with Crippen LogP contribution in [-0.4, -0.2) is 36.9 Å². The van der Waals surface area contributed by atoms with Gasteiger partial charge < -0.3 is 19.1 Å². The van der Waals surface area contributed by atoms with E-state index in [0.29, 0.717) is 26.3 Å². The SMILES string of the molecule is COCCN(Cc1c(Br)cccc1OCc1ccccc1)C(=O)OC(C)(C)C. The monoisotopic (exact) mass is 449 g/mol. The molecule has 0 aliphatic carbocycles. The van der Waals surface area contributed by atoms with E-state index in [1.165, 1.54) is 0 Å². The molecule has 0 fully saturated rings. The van der Waals surface area contributed by atoms with E-state index in [0.717, 1.165) is 21.3 Å². The van der Waals surface area contributed by atoms with Gasteiger partial charge in [-0.15, -0.1) is 0 Å². The fraction of sp³-hybridized carbons (Fsp3) is 0.409. The number of benzene rings is 2. The molecule has 0 N–H and O–H groups in total. The van der Waals surface area contributed by atoms with Crippen LogP contribution in [0.4, 0.5) is 4.79 Å². The summed E-state index contributed by atoms with van der Waals surface area (Å²) in [5.41, 5.74) is 1.40. The summed E-state index contributed by atoms with van der Waals surface area (Å²) in [6.45, 7) is 7.21. The number of halogens is 1. The molecule has 1 amide bonds. The van der Waals surface area contributed by atoms with E-state index in [9.17, 15) is 4.79 Å². The Kier molecular flexibility index (Phi) is 8.33. The molecule has 0 atom stereocenters. The van der Waals surface area contributed by atoms with Gasteiger partial charge in [-0.3, -0.25) is 0 Å². The van der Waals surface area contributed by atoms with Gasteiger partial charge in [0.2, 0.25) is 0 Å². The predicted molar refractivity (Wildman–Crippen MR) is 113 cm³/mol. The topological polar surface area (TPSA) is 48.0 Å². The lowest BCUT2D eigenvalue weighted by Gasteiger charge is -2.28. The van der Waals surface area contributed by atoms with Crippen molar-refractivity contribution in [3.8, 4) is 5.75 Å². The van der Waals surface area contributed by atoms with Gasteiger partial charge in [-0.25, -0.2) is 4.79 Å². The predicted octanol–water partition coefficient (Wildman–Crippen LogP) is 5.41. The second kappa shape index (κ2) is 10.5. The maximum atomic E-state index is 12.7. The van der Waals surface area contributed by atoms with E-state index < -0.39 is 5.60 Å². The van der Waals surface area contributed by atoms with Crippen LogP contribution in [0.5, 0.6) is 5.75 Å². The highest BCUT2D eigenvalue weighted by Crippen LogP contribution is 2.29. The maximum Gasteiger partial charge on any atom is 0.410 e. The van der Waals surface area contributed by atoms with Crippen LogP contribution in [0.25, 0.3) is 0 Å². The highest BCUT2D eigenvalue weighted by atomic mass is 79.9. The van der Waals surface area contributed by atoms with Crippen molar-refractivity contribution in [2.75, 3.05) is 20.3 Å². The standard InChI is InChI=1S/C22H28BrNO4/c1-22(2,3)28-21(25)24(13-14-26-4)15-18-19(23)11-8-12-20(18)27-16-17-9-6-5-7-10-17/h5-12H,13-16H2,1-4H3. The molecule has 0 aliphatic heterocycles. The minimum atomic E-state index is -0.567. The summed E-state index contributed by atoms with van der Waals surface area (Å²) in [5, 5.41) is 0. The number of hydrogen-bond acceptors (Lipinski definition) is 4. The summed E-state index contributed by atoms with van der Waals surface area (Å²) in [6.07, 6.45) is -0.380. The Morgan fingerprint density at radius 3 is 2.43 bits per heavy atom. The van der Waals surface area contributed by atoms with Gasteiger partial charge in [0.1, 0.15) is 18.0 Å². The number of carbonyl (C=O) groups excluding carboxylic acids is 1. The molecule has 0 unspecified atom stereocenters. The fourth-order valence-corrected chi connectivity index (χ4v) is 2.99. The molecule has 5 nitrogen and oxygen atoms in total. The first kappa shape index (κ1) is 22.2. The Balaban J connectivity index is 2.19. The zero-order valence-corrected chi connectivity index (χ0v) is 18.5. The molecule has 0 saturated heterocycles. The lowest BCUT2D eigenvalue weighted by molar-refractivity contribution is 0.0182. The van der Waals surface area contributed by atoms with Gasteiger partial charge in [0, 0.05) is 23.7 Å². The first-order valence-electron chi connectivity index (χ1n) is 9.21. The van der Waals surface area contributed by atoms with Gasteiger partial charge in [0.25, 0.3) is 0 Å². The highest BCUT2D eigenvalue weighted by Gasteiger charge is 2.24. The number of ether oxygens (including phenoxy) is 3. The van der Waals surface area contributed by atoms with Crippen LogP contribution in [0.15, 0.2) is 53.0 Å². The number of hydrogen-bond donors (Lipinski definition) is 0. The van der Waals surface area contributed by atoms with Crippen molar-refractivity contribution in [1.29, 1.82) is 0 Å². The van der Waals surface area contributed by atoms with Crippen molar-refractivity contribution in [2.24, 2.45) is 0 Å². The zero-order valence-electron chi connectivity index (χ0n) is 16.9. The molecule has 0 radical (unpaired) electrons. The zero-order chi connectivity index (χ0) is 20.6. The van der Waals surface area contributed by atoms with Crippen molar-refractivity contribution in [3.05, 3.63) is 64.1 Å². The Bertz CT molecular complexity index is 759. The molecule has 0 bridgehead atoms. The van der Waals surface area contributed by atoms with Crippen LogP contribution in [0, 0.1) is 0 Å². The third-order valence-corrected chi connectivity index (χ3v) is 4.62. The Labute approximate surface area is 175 Å². The lowest BCUT2D eigenvalue weighted by Crippen LogP contribution is -2.38. The average molecular weight is 450 g/mol. The number of rotatable bonds is 8. The van der Waals surface area contributed by atoms with Crippen molar-refractivity contribution < 1.29 is 19.0 Å². The number of amides is 1. The molecule has 28 heavy (non-hydrogen) atoms. The Morgan fingerprint density at radius 2 is 1.79 bits per heavy atom. The Morgan fingerprint density at radius 1 is 1.07 bits per heavy atom. The molecule has 6 heteroatoms. The van der Waals surface area contributed by atoms with E-state index in [2.05, 4.69) is 15.9 Å². The summed E-state index contributed by atoms with van der Waals surface area (Å²) in [7, 11) is 1.61. The van der Waals surface area contributed by atoms with E-state index in [4.69, 9.17) is 14.2 Å². The molecule has 0 heterocycles. The summed E-state index contributed by atoms with van der Waals surface area (Å²) in [5.74, 6) is 0.726. The molecule has 2 aromatic carbocycles. The Hall–Kier alpha value is -2.05. The highest BCUT2D eigenvalue weighted by molar-refractivity contribution is 9.10. The van der Waals surface area contributed by atoms with E-state index in [-0.39, 0.29) is 6.09 Å². The molecule has 152 valence electrons. The van der Waals surface area contributed by atoms with E-state index in [1.54, 1.807) is 12.0 Å². The number of nitrogens with zero attached hydrogens (tertiary/aromatic N) is 1. The average Bonchev–Trinajstić information content (AvgIpc) is 2.64. The van der Waals surface area contributed by atoms with Crippen molar-refractivity contribution in [2.45, 2.75) is 39.5 Å². The van der Waals surface area contributed by atoms with Crippen LogP contribution < -0.4 is 4.74 Å². The minimum absolute atomic E-state index is 0.351. The second-order valence-electron chi connectivity index (χ2n) is 7.39. The molecule has 2 rings (SSSR count). The molecule has 0 aromatic heterocycles. The van der Waals surface area contributed by atoms with Gasteiger partial charge >= 0.3 is 6.09 Å². The second-order valence-corrected chi connectivity index (χ2v) is 8.24. The molecule has 2 aromatic rings. The quantitative estimate of drug-likeness (QED) is 0.540. The molecular weight excluding hydrogens is 422 g/mol. The van der Waals surface area contributed by atoms with Crippen LogP contribution in [0.3, 0.4) is 0 Å². The summed E-state index contributed by atoms with van der Waals surface area (Å²) in [6, 6.07) is 15.7. The van der Waals surface area contributed by atoms with Crippen molar-refractivity contribution in [3.63, 3.8) is 0 Å². The summed E-state index contributed by atoms with van der Waals surface area (Å²) >= 11 is 3.59. The van der Waals surface area contributed by atoms with Crippen molar-refractivity contribution >= 4 is 22.0 Å². The molecule has 0 aliphatic rings. The number of carbonyl (C=O) groups is 1. The first-order chi connectivity index (χ1) is 13.3. The van der Waals surface area contributed by atoms with Gasteiger partial charge in [-0.05, 0) is 38.5 Å². The summed E-state index contributed by atoms with van der Waals surface area (Å²) in [4.78, 5) is 14.3. The summed E-state index contributed by atoms with van der Waals surface area (Å²) < 4.78 is 17.6. The van der Waals surface area contributed by atoms with Crippen LogP contribution in [0.2, 0.25) is 0 Å².